The lowest BCUT2D eigenvalue weighted by Crippen LogP contribution is -2.41. The van der Waals surface area contributed by atoms with Gasteiger partial charge in [0.05, 0.1) is 0 Å². The van der Waals surface area contributed by atoms with Gasteiger partial charge in [0, 0.05) is 11.6 Å². The Balaban J connectivity index is 1.71. The van der Waals surface area contributed by atoms with Crippen molar-refractivity contribution in [2.45, 2.75) is 18.9 Å². The van der Waals surface area contributed by atoms with Gasteiger partial charge in [0.2, 0.25) is 0 Å². The molecule has 2 aliphatic heterocycles. The molecular formula is C15H18ClN3O2. The van der Waals surface area contributed by atoms with Crippen molar-refractivity contribution in [3.05, 3.63) is 34.9 Å². The summed E-state index contributed by atoms with van der Waals surface area (Å²) in [6.45, 7) is 2.37. The molecule has 0 aromatic heterocycles. The maximum Gasteiger partial charge on any atom is 0.325 e. The summed E-state index contributed by atoms with van der Waals surface area (Å²) >= 11 is 5.85. The fourth-order valence-electron chi connectivity index (χ4n) is 2.91. The van der Waals surface area contributed by atoms with Gasteiger partial charge in [-0.05, 0) is 49.5 Å². The number of hydrogen-bond acceptors (Lipinski definition) is 3. The third kappa shape index (κ3) is 3.04. The Morgan fingerprint density at radius 2 is 2.00 bits per heavy atom. The fraction of sp³-hybridized carbons (Fsp3) is 0.467. The van der Waals surface area contributed by atoms with E-state index in [2.05, 4.69) is 10.6 Å². The second-order valence-electron chi connectivity index (χ2n) is 5.60. The molecule has 2 atom stereocenters. The van der Waals surface area contributed by atoms with E-state index >= 15 is 0 Å². The highest BCUT2D eigenvalue weighted by atomic mass is 35.5. The fourth-order valence-corrected chi connectivity index (χ4v) is 3.04. The molecule has 5 nitrogen and oxygen atoms in total. The van der Waals surface area contributed by atoms with E-state index in [1.54, 1.807) is 24.3 Å². The van der Waals surface area contributed by atoms with Gasteiger partial charge in [0.25, 0.3) is 5.91 Å². The van der Waals surface area contributed by atoms with Gasteiger partial charge >= 0.3 is 6.03 Å². The van der Waals surface area contributed by atoms with Gasteiger partial charge in [0.1, 0.15) is 6.04 Å². The van der Waals surface area contributed by atoms with Gasteiger partial charge in [-0.1, -0.05) is 23.7 Å². The number of benzene rings is 1. The van der Waals surface area contributed by atoms with Crippen LogP contribution in [-0.4, -0.2) is 36.5 Å². The monoisotopic (exact) mass is 307 g/mol. The summed E-state index contributed by atoms with van der Waals surface area (Å²) in [4.78, 5) is 25.9. The molecule has 0 saturated carbocycles. The third-order valence-electron chi connectivity index (χ3n) is 4.07. The molecule has 3 amide bonds. The van der Waals surface area contributed by atoms with Crippen molar-refractivity contribution < 1.29 is 9.59 Å². The van der Waals surface area contributed by atoms with Crippen molar-refractivity contribution >= 4 is 23.5 Å². The zero-order chi connectivity index (χ0) is 14.8. The molecule has 1 aromatic rings. The van der Waals surface area contributed by atoms with Crippen LogP contribution in [0.4, 0.5) is 4.79 Å². The van der Waals surface area contributed by atoms with Gasteiger partial charge in [-0.2, -0.15) is 0 Å². The topological polar surface area (TPSA) is 61.4 Å². The summed E-state index contributed by atoms with van der Waals surface area (Å²) in [7, 11) is 0. The van der Waals surface area contributed by atoms with Crippen LogP contribution in [0.5, 0.6) is 0 Å². The minimum Gasteiger partial charge on any atom is -0.322 e. The van der Waals surface area contributed by atoms with Crippen molar-refractivity contribution in [2.75, 3.05) is 19.6 Å². The van der Waals surface area contributed by atoms with Crippen LogP contribution < -0.4 is 10.6 Å². The van der Waals surface area contributed by atoms with Gasteiger partial charge in [-0.25, -0.2) is 4.79 Å². The van der Waals surface area contributed by atoms with Crippen LogP contribution in [0.1, 0.15) is 24.4 Å². The van der Waals surface area contributed by atoms with Crippen molar-refractivity contribution in [3.63, 3.8) is 0 Å². The Kier molecular flexibility index (Phi) is 4.12. The molecule has 2 fully saturated rings. The molecule has 21 heavy (non-hydrogen) atoms. The first-order chi connectivity index (χ1) is 10.1. The van der Waals surface area contributed by atoms with Crippen LogP contribution >= 0.6 is 11.6 Å². The summed E-state index contributed by atoms with van der Waals surface area (Å²) in [5.41, 5.74) is 0.766. The number of amides is 3. The largest absolute Gasteiger partial charge is 0.325 e. The SMILES string of the molecule is O=C1NC(c2ccc(Cl)cc2)C(=O)N1CC1CCCNC1. The lowest BCUT2D eigenvalue weighted by Gasteiger charge is -2.25. The Morgan fingerprint density at radius 1 is 1.24 bits per heavy atom. The summed E-state index contributed by atoms with van der Waals surface area (Å²) < 4.78 is 0. The highest BCUT2D eigenvalue weighted by Crippen LogP contribution is 2.25. The number of piperidine rings is 1. The van der Waals surface area contributed by atoms with Crippen molar-refractivity contribution in [2.24, 2.45) is 5.92 Å². The van der Waals surface area contributed by atoms with E-state index in [0.717, 1.165) is 31.5 Å². The first-order valence-corrected chi connectivity index (χ1v) is 7.61. The predicted octanol–water partition coefficient (Wildman–Crippen LogP) is 1.93. The Hall–Kier alpha value is -1.59. The van der Waals surface area contributed by atoms with Gasteiger partial charge < -0.3 is 10.6 Å². The summed E-state index contributed by atoms with van der Waals surface area (Å²) in [6.07, 6.45) is 2.14. The van der Waals surface area contributed by atoms with E-state index < -0.39 is 6.04 Å². The van der Waals surface area contributed by atoms with Crippen molar-refractivity contribution in [1.82, 2.24) is 15.5 Å². The minimum atomic E-state index is -0.591. The molecule has 112 valence electrons. The molecule has 2 heterocycles. The summed E-state index contributed by atoms with van der Waals surface area (Å²) in [6, 6.07) is 6.11. The number of carbonyl (C=O) groups excluding carboxylic acids is 2. The van der Waals surface area contributed by atoms with Crippen LogP contribution in [0.25, 0.3) is 0 Å². The Labute approximate surface area is 128 Å². The molecule has 2 N–H and O–H groups in total. The van der Waals surface area contributed by atoms with Gasteiger partial charge in [-0.15, -0.1) is 0 Å². The number of carbonyl (C=O) groups is 2. The Morgan fingerprint density at radius 3 is 2.67 bits per heavy atom. The van der Waals surface area contributed by atoms with E-state index in [0.29, 0.717) is 17.5 Å². The predicted molar refractivity (Wildman–Crippen MR) is 80.0 cm³/mol. The zero-order valence-electron chi connectivity index (χ0n) is 11.6. The molecule has 0 radical (unpaired) electrons. The second-order valence-corrected chi connectivity index (χ2v) is 6.03. The highest BCUT2D eigenvalue weighted by Gasteiger charge is 2.39. The smallest absolute Gasteiger partial charge is 0.322 e. The molecule has 0 bridgehead atoms. The van der Waals surface area contributed by atoms with E-state index in [1.807, 2.05) is 0 Å². The third-order valence-corrected chi connectivity index (χ3v) is 4.32. The molecule has 3 rings (SSSR count). The molecule has 2 aliphatic rings. The Bertz CT molecular complexity index is 540. The van der Waals surface area contributed by atoms with Crippen LogP contribution in [-0.2, 0) is 4.79 Å². The van der Waals surface area contributed by atoms with Crippen molar-refractivity contribution in [1.29, 1.82) is 0 Å². The minimum absolute atomic E-state index is 0.173. The highest BCUT2D eigenvalue weighted by molar-refractivity contribution is 6.30. The quantitative estimate of drug-likeness (QED) is 0.839. The van der Waals surface area contributed by atoms with E-state index in [4.69, 9.17) is 11.6 Å². The molecule has 0 spiro atoms. The first kappa shape index (κ1) is 14.4. The maximum absolute atomic E-state index is 12.5. The van der Waals surface area contributed by atoms with Gasteiger partial charge in [0.15, 0.2) is 0 Å². The second kappa shape index (κ2) is 6.03. The lowest BCUT2D eigenvalue weighted by molar-refractivity contribution is -0.128. The average Bonchev–Trinajstić information content (AvgIpc) is 2.77. The zero-order valence-corrected chi connectivity index (χ0v) is 12.4. The first-order valence-electron chi connectivity index (χ1n) is 7.23. The summed E-state index contributed by atoms with van der Waals surface area (Å²) in [5, 5.41) is 6.67. The number of urea groups is 1. The number of rotatable bonds is 3. The molecule has 2 saturated heterocycles. The number of imide groups is 1. The van der Waals surface area contributed by atoms with E-state index in [-0.39, 0.29) is 11.9 Å². The number of halogens is 1. The van der Waals surface area contributed by atoms with E-state index in [1.165, 1.54) is 4.90 Å². The standard InChI is InChI=1S/C15H18ClN3O2/c16-12-5-3-11(4-6-12)13-14(20)19(15(21)18-13)9-10-2-1-7-17-8-10/h3-6,10,13,17H,1-2,7-9H2,(H,18,21). The molecular weight excluding hydrogens is 290 g/mol. The van der Waals surface area contributed by atoms with Crippen LogP contribution in [0.15, 0.2) is 24.3 Å². The number of nitrogens with one attached hydrogen (secondary N) is 2. The van der Waals surface area contributed by atoms with E-state index in [9.17, 15) is 9.59 Å². The number of nitrogens with zero attached hydrogens (tertiary/aromatic N) is 1. The van der Waals surface area contributed by atoms with Crippen LogP contribution in [0.2, 0.25) is 5.02 Å². The molecule has 6 heteroatoms. The number of hydrogen-bond donors (Lipinski definition) is 2. The van der Waals surface area contributed by atoms with Crippen molar-refractivity contribution in [3.8, 4) is 0 Å². The normalized spacial score (nSPS) is 26.0. The maximum atomic E-state index is 12.5. The lowest BCUT2D eigenvalue weighted by atomic mass is 9.99. The molecule has 2 unspecified atom stereocenters. The van der Waals surface area contributed by atoms with Crippen LogP contribution in [0, 0.1) is 5.92 Å². The summed E-state index contributed by atoms with van der Waals surface area (Å²) in [5.74, 6) is 0.172. The van der Waals surface area contributed by atoms with Gasteiger partial charge in [-0.3, -0.25) is 9.69 Å². The average molecular weight is 308 g/mol. The van der Waals surface area contributed by atoms with Crippen LogP contribution in [0.3, 0.4) is 0 Å². The molecule has 1 aromatic carbocycles. The molecule has 0 aliphatic carbocycles.